The number of aliphatic carboxylic acids is 1. The fourth-order valence-corrected chi connectivity index (χ4v) is 2.72. The van der Waals surface area contributed by atoms with Crippen molar-refractivity contribution in [2.45, 2.75) is 37.6 Å². The fraction of sp³-hybridized carbons (Fsp3) is 0.500. The van der Waals surface area contributed by atoms with E-state index in [1.165, 1.54) is 7.11 Å². The van der Waals surface area contributed by atoms with Crippen LogP contribution in [-0.2, 0) is 9.53 Å². The largest absolute Gasteiger partial charge is 0.481 e. The molecule has 6 nitrogen and oxygen atoms in total. The van der Waals surface area contributed by atoms with Crippen molar-refractivity contribution in [3.63, 3.8) is 0 Å². The van der Waals surface area contributed by atoms with E-state index in [0.29, 0.717) is 11.4 Å². The van der Waals surface area contributed by atoms with Crippen molar-refractivity contribution in [2.75, 3.05) is 12.4 Å². The normalized spacial score (nSPS) is 16.6. The van der Waals surface area contributed by atoms with Crippen LogP contribution >= 0.6 is 0 Å². The molecule has 0 atom stereocenters. The smallest absolute Gasteiger partial charge is 0.341 e. The number of carbonyl (C=O) groups is 2. The minimum Gasteiger partial charge on any atom is -0.481 e. The first-order chi connectivity index (χ1) is 9.56. The van der Waals surface area contributed by atoms with E-state index in [1.807, 2.05) is 0 Å². The predicted octanol–water partition coefficient (Wildman–Crippen LogP) is 2.07. The molecule has 1 aromatic rings. The number of carboxylic acid groups (broad SMARTS) is 1. The van der Waals surface area contributed by atoms with Crippen LogP contribution < -0.4 is 5.32 Å². The summed E-state index contributed by atoms with van der Waals surface area (Å²) >= 11 is 0. The Labute approximate surface area is 117 Å². The van der Waals surface area contributed by atoms with E-state index in [0.717, 1.165) is 25.7 Å². The molecule has 0 spiro atoms. The SMILES string of the molecule is COC(=O)c1cccnc1NC1(CC(=O)O)CCCC1. The summed E-state index contributed by atoms with van der Waals surface area (Å²) in [6.07, 6.45) is 5.05. The number of nitrogens with one attached hydrogen (secondary N) is 1. The lowest BCUT2D eigenvalue weighted by Gasteiger charge is -2.29. The number of aromatic nitrogens is 1. The monoisotopic (exact) mass is 278 g/mol. The standard InChI is InChI=1S/C14H18N2O4/c1-20-13(19)10-5-4-8-15-12(10)16-14(9-11(17)18)6-2-3-7-14/h4-5,8H,2-3,6-7,9H2,1H3,(H,15,16)(H,17,18). The lowest BCUT2D eigenvalue weighted by Crippen LogP contribution is -2.38. The van der Waals surface area contributed by atoms with Gasteiger partial charge in [-0.05, 0) is 25.0 Å². The zero-order valence-electron chi connectivity index (χ0n) is 11.4. The van der Waals surface area contributed by atoms with Gasteiger partial charge in [-0.3, -0.25) is 4.79 Å². The van der Waals surface area contributed by atoms with Gasteiger partial charge in [-0.15, -0.1) is 0 Å². The maximum Gasteiger partial charge on any atom is 0.341 e. The molecular formula is C14H18N2O4. The topological polar surface area (TPSA) is 88.5 Å². The first-order valence-electron chi connectivity index (χ1n) is 6.60. The number of hydrogen-bond donors (Lipinski definition) is 2. The molecule has 1 saturated carbocycles. The molecule has 0 bridgehead atoms. The third-order valence-electron chi connectivity index (χ3n) is 3.65. The van der Waals surface area contributed by atoms with Crippen molar-refractivity contribution >= 4 is 17.8 Å². The van der Waals surface area contributed by atoms with E-state index >= 15 is 0 Å². The van der Waals surface area contributed by atoms with E-state index < -0.39 is 17.5 Å². The van der Waals surface area contributed by atoms with E-state index in [-0.39, 0.29) is 6.42 Å². The Morgan fingerprint density at radius 3 is 2.75 bits per heavy atom. The Hall–Kier alpha value is -2.11. The van der Waals surface area contributed by atoms with Gasteiger partial charge in [-0.25, -0.2) is 9.78 Å². The maximum absolute atomic E-state index is 11.7. The minimum atomic E-state index is -0.852. The lowest BCUT2D eigenvalue weighted by atomic mass is 9.93. The Morgan fingerprint density at radius 1 is 1.45 bits per heavy atom. The predicted molar refractivity (Wildman–Crippen MR) is 72.7 cm³/mol. The van der Waals surface area contributed by atoms with E-state index in [9.17, 15) is 9.59 Å². The van der Waals surface area contributed by atoms with E-state index in [1.54, 1.807) is 18.3 Å². The van der Waals surface area contributed by atoms with Gasteiger partial charge in [0.1, 0.15) is 11.4 Å². The summed E-state index contributed by atoms with van der Waals surface area (Å²) in [5.74, 6) is -0.943. The number of ether oxygens (including phenoxy) is 1. The minimum absolute atomic E-state index is 0.0180. The Kier molecular flexibility index (Phi) is 4.22. The molecule has 108 valence electrons. The molecule has 20 heavy (non-hydrogen) atoms. The van der Waals surface area contributed by atoms with Gasteiger partial charge in [0.05, 0.1) is 13.5 Å². The van der Waals surface area contributed by atoms with Crippen LogP contribution in [0.4, 0.5) is 5.82 Å². The summed E-state index contributed by atoms with van der Waals surface area (Å²) in [7, 11) is 1.31. The van der Waals surface area contributed by atoms with Gasteiger partial charge in [0.2, 0.25) is 0 Å². The van der Waals surface area contributed by atoms with Crippen molar-refractivity contribution in [3.8, 4) is 0 Å². The third-order valence-corrected chi connectivity index (χ3v) is 3.65. The van der Waals surface area contributed by atoms with Crippen LogP contribution in [0.3, 0.4) is 0 Å². The molecule has 1 aliphatic carbocycles. The highest BCUT2D eigenvalue weighted by atomic mass is 16.5. The summed E-state index contributed by atoms with van der Waals surface area (Å²) < 4.78 is 4.72. The molecule has 1 heterocycles. The number of carbonyl (C=O) groups excluding carboxylic acids is 1. The molecule has 0 aliphatic heterocycles. The average molecular weight is 278 g/mol. The first kappa shape index (κ1) is 14.3. The Balaban J connectivity index is 2.27. The lowest BCUT2D eigenvalue weighted by molar-refractivity contribution is -0.138. The molecule has 2 N–H and O–H groups in total. The van der Waals surface area contributed by atoms with Gasteiger partial charge < -0.3 is 15.2 Å². The molecule has 0 radical (unpaired) electrons. The first-order valence-corrected chi connectivity index (χ1v) is 6.60. The van der Waals surface area contributed by atoms with Gasteiger partial charge in [0.15, 0.2) is 0 Å². The van der Waals surface area contributed by atoms with E-state index in [2.05, 4.69) is 10.3 Å². The molecule has 0 unspecified atom stereocenters. The molecule has 6 heteroatoms. The highest BCUT2D eigenvalue weighted by molar-refractivity contribution is 5.94. The number of methoxy groups -OCH3 is 1. The van der Waals surface area contributed by atoms with Crippen LogP contribution in [-0.4, -0.2) is 34.7 Å². The fourth-order valence-electron chi connectivity index (χ4n) is 2.72. The van der Waals surface area contributed by atoms with Crippen molar-refractivity contribution in [3.05, 3.63) is 23.9 Å². The number of esters is 1. The van der Waals surface area contributed by atoms with Gasteiger partial charge in [-0.1, -0.05) is 12.8 Å². The Morgan fingerprint density at radius 2 is 2.15 bits per heavy atom. The molecule has 0 saturated heterocycles. The van der Waals surface area contributed by atoms with Crippen LogP contribution in [0.5, 0.6) is 0 Å². The molecular weight excluding hydrogens is 260 g/mol. The van der Waals surface area contributed by atoms with Crippen LogP contribution in [0.1, 0.15) is 42.5 Å². The van der Waals surface area contributed by atoms with Gasteiger partial charge >= 0.3 is 11.9 Å². The number of hydrogen-bond acceptors (Lipinski definition) is 5. The number of pyridine rings is 1. The van der Waals surface area contributed by atoms with Crippen LogP contribution in [0.15, 0.2) is 18.3 Å². The summed E-state index contributed by atoms with van der Waals surface area (Å²) in [5.41, 5.74) is -0.199. The highest BCUT2D eigenvalue weighted by Crippen LogP contribution is 2.36. The van der Waals surface area contributed by atoms with Crippen LogP contribution in [0.25, 0.3) is 0 Å². The summed E-state index contributed by atoms with van der Waals surface area (Å²) in [6.45, 7) is 0. The number of anilines is 1. The van der Waals surface area contributed by atoms with Crippen molar-refractivity contribution in [1.29, 1.82) is 0 Å². The molecule has 0 amide bonds. The van der Waals surface area contributed by atoms with Gasteiger partial charge in [0, 0.05) is 11.7 Å². The second-order valence-corrected chi connectivity index (χ2v) is 5.07. The Bertz CT molecular complexity index is 510. The van der Waals surface area contributed by atoms with Gasteiger partial charge in [-0.2, -0.15) is 0 Å². The molecule has 1 aliphatic rings. The van der Waals surface area contributed by atoms with E-state index in [4.69, 9.17) is 9.84 Å². The van der Waals surface area contributed by atoms with Crippen LogP contribution in [0, 0.1) is 0 Å². The van der Waals surface area contributed by atoms with Crippen molar-refractivity contribution in [1.82, 2.24) is 4.98 Å². The molecule has 2 rings (SSSR count). The third kappa shape index (κ3) is 3.07. The van der Waals surface area contributed by atoms with Crippen LogP contribution in [0.2, 0.25) is 0 Å². The van der Waals surface area contributed by atoms with Gasteiger partial charge in [0.25, 0.3) is 0 Å². The van der Waals surface area contributed by atoms with Crippen molar-refractivity contribution in [2.24, 2.45) is 0 Å². The number of carboxylic acids is 1. The molecule has 1 aromatic heterocycles. The number of nitrogens with zero attached hydrogens (tertiary/aromatic N) is 1. The summed E-state index contributed by atoms with van der Waals surface area (Å²) in [4.78, 5) is 26.9. The summed E-state index contributed by atoms with van der Waals surface area (Å²) in [5, 5.41) is 12.3. The quantitative estimate of drug-likeness (QED) is 0.801. The number of rotatable bonds is 5. The summed E-state index contributed by atoms with van der Waals surface area (Å²) in [6, 6.07) is 3.26. The zero-order valence-corrected chi connectivity index (χ0v) is 11.4. The molecule has 1 fully saturated rings. The second-order valence-electron chi connectivity index (χ2n) is 5.07. The van der Waals surface area contributed by atoms with Crippen molar-refractivity contribution < 1.29 is 19.4 Å². The highest BCUT2D eigenvalue weighted by Gasteiger charge is 2.37. The molecule has 0 aromatic carbocycles. The second kappa shape index (κ2) is 5.90. The average Bonchev–Trinajstić information content (AvgIpc) is 2.86. The maximum atomic E-state index is 11.7. The zero-order chi connectivity index (χ0) is 14.6.